The van der Waals surface area contributed by atoms with Crippen molar-refractivity contribution in [3.63, 3.8) is 0 Å². The summed E-state index contributed by atoms with van der Waals surface area (Å²) in [5.41, 5.74) is 10.6. The molecule has 5 aromatic carbocycles. The molecule has 296 valence electrons. The van der Waals surface area contributed by atoms with Crippen molar-refractivity contribution in [2.45, 2.75) is 97.8 Å². The van der Waals surface area contributed by atoms with E-state index in [1.807, 2.05) is 6.20 Å². The minimum Gasteiger partial charge on any atom is -0.457 e. The van der Waals surface area contributed by atoms with Crippen molar-refractivity contribution < 1.29 is 4.74 Å². The molecule has 2 aromatic heterocycles. The zero-order chi connectivity index (χ0) is 41.2. The van der Waals surface area contributed by atoms with Crippen LogP contribution in [-0.2, 0) is 21.7 Å². The van der Waals surface area contributed by atoms with E-state index < -0.39 is 0 Å². The number of hydrogen-bond acceptors (Lipinski definition) is 4. The minimum atomic E-state index is -0.273. The third-order valence-corrected chi connectivity index (χ3v) is 11.9. The van der Waals surface area contributed by atoms with Crippen molar-refractivity contribution in [2.75, 3.05) is 16.5 Å². The lowest BCUT2D eigenvalue weighted by Crippen LogP contribution is -2.26. The summed E-state index contributed by atoms with van der Waals surface area (Å²) >= 11 is 0. The number of hydrogen-bond donors (Lipinski definition) is 0. The highest BCUT2D eigenvalue weighted by Gasteiger charge is 2.27. The molecule has 0 aliphatic carbocycles. The Morgan fingerprint density at radius 1 is 0.466 bits per heavy atom. The van der Waals surface area contributed by atoms with Crippen LogP contribution in [0.15, 0.2) is 140 Å². The van der Waals surface area contributed by atoms with Crippen molar-refractivity contribution in [1.29, 1.82) is 0 Å². The average Bonchev–Trinajstić information content (AvgIpc) is 3.81. The molecule has 3 heterocycles. The van der Waals surface area contributed by atoms with E-state index in [-0.39, 0.29) is 21.7 Å². The summed E-state index contributed by atoms with van der Waals surface area (Å²) in [6, 6.07) is 44.1. The molecule has 1 aliphatic heterocycles. The van der Waals surface area contributed by atoms with Gasteiger partial charge in [-0.1, -0.05) is 125 Å². The predicted octanol–water partition coefficient (Wildman–Crippen LogP) is 13.9. The summed E-state index contributed by atoms with van der Waals surface area (Å²) in [7, 11) is 0. The van der Waals surface area contributed by atoms with Gasteiger partial charge in [-0.3, -0.25) is 4.57 Å². The number of aromatic nitrogens is 2. The van der Waals surface area contributed by atoms with Crippen LogP contribution in [0.5, 0.6) is 11.5 Å². The molecular weight excluding hydrogens is 709 g/mol. The maximum absolute atomic E-state index is 6.97. The van der Waals surface area contributed by atoms with Crippen LogP contribution in [0.2, 0.25) is 0 Å². The quantitative estimate of drug-likeness (QED) is 0.162. The molecule has 0 fully saturated rings. The summed E-state index contributed by atoms with van der Waals surface area (Å²) in [6.45, 7) is 25.7. The molecule has 58 heavy (non-hydrogen) atoms. The van der Waals surface area contributed by atoms with E-state index in [0.29, 0.717) is 6.67 Å². The Morgan fingerprint density at radius 3 is 1.81 bits per heavy atom. The first kappa shape index (κ1) is 39.0. The van der Waals surface area contributed by atoms with E-state index in [9.17, 15) is 0 Å². The minimum absolute atomic E-state index is 0.0155. The lowest BCUT2D eigenvalue weighted by molar-refractivity contribution is 0.480. The van der Waals surface area contributed by atoms with Gasteiger partial charge in [0, 0.05) is 58.3 Å². The molecule has 1 aliphatic rings. The fourth-order valence-electron chi connectivity index (χ4n) is 8.02. The molecule has 0 radical (unpaired) electrons. The Bertz CT molecular complexity index is 2660. The molecule has 0 N–H and O–H groups in total. The summed E-state index contributed by atoms with van der Waals surface area (Å²) in [5.74, 6) is 2.47. The van der Waals surface area contributed by atoms with Gasteiger partial charge in [0.25, 0.3) is 0 Å². The van der Waals surface area contributed by atoms with E-state index >= 15 is 0 Å². The maximum Gasteiger partial charge on any atom is 0.137 e. The highest BCUT2D eigenvalue weighted by atomic mass is 16.5. The molecule has 5 heteroatoms. The first-order valence-electron chi connectivity index (χ1n) is 20.6. The normalized spacial score (nSPS) is 13.9. The van der Waals surface area contributed by atoms with Gasteiger partial charge in [-0.2, -0.15) is 0 Å². The van der Waals surface area contributed by atoms with Crippen LogP contribution < -0.4 is 14.5 Å². The van der Waals surface area contributed by atoms with Crippen molar-refractivity contribution >= 4 is 33.2 Å². The zero-order valence-electron chi connectivity index (χ0n) is 36.2. The predicted molar refractivity (Wildman–Crippen MR) is 245 cm³/mol. The summed E-state index contributed by atoms with van der Waals surface area (Å²) in [6.07, 6.45) is 6.29. The van der Waals surface area contributed by atoms with Gasteiger partial charge >= 0.3 is 0 Å². The van der Waals surface area contributed by atoms with E-state index in [1.165, 1.54) is 44.3 Å². The van der Waals surface area contributed by atoms with Crippen molar-refractivity contribution in [3.8, 4) is 17.3 Å². The highest BCUT2D eigenvalue weighted by molar-refractivity contribution is 6.09. The van der Waals surface area contributed by atoms with Crippen LogP contribution in [0.3, 0.4) is 0 Å². The van der Waals surface area contributed by atoms with E-state index in [1.54, 1.807) is 0 Å². The largest absolute Gasteiger partial charge is 0.457 e. The molecule has 0 amide bonds. The fourth-order valence-corrected chi connectivity index (χ4v) is 8.02. The maximum atomic E-state index is 6.97. The van der Waals surface area contributed by atoms with Gasteiger partial charge in [-0.05, 0) is 105 Å². The van der Waals surface area contributed by atoms with E-state index in [2.05, 4.69) is 224 Å². The summed E-state index contributed by atoms with van der Waals surface area (Å²) in [5, 5.41) is 2.39. The van der Waals surface area contributed by atoms with Crippen LogP contribution in [0, 0.1) is 0 Å². The molecule has 8 rings (SSSR count). The Balaban J connectivity index is 1.23. The lowest BCUT2D eigenvalue weighted by atomic mass is 9.78. The van der Waals surface area contributed by atoms with Gasteiger partial charge in [0.15, 0.2) is 0 Å². The van der Waals surface area contributed by atoms with Crippen LogP contribution in [0.4, 0.5) is 11.4 Å². The standard InChI is InChI=1S/C53H58N4O/c1-50(2,3)37-18-15-19-41(28-37)55-26-27-56(35-55)42-29-40(53(10,11)36-16-13-12-14-17-36)30-44(33-42)58-43-21-22-45-46-31-38(51(4,5)6)20-23-47(46)57(48(45)34-43)49-32-39(24-25-54-49)52(7,8)9/h12-34H,35H2,1-11H3. The summed E-state index contributed by atoms with van der Waals surface area (Å²) in [4.78, 5) is 9.57. The molecule has 0 saturated heterocycles. The monoisotopic (exact) mass is 766 g/mol. The third kappa shape index (κ3) is 7.51. The second kappa shape index (κ2) is 14.2. The Morgan fingerprint density at radius 2 is 1.10 bits per heavy atom. The average molecular weight is 767 g/mol. The van der Waals surface area contributed by atoms with Gasteiger partial charge in [0.05, 0.1) is 17.7 Å². The van der Waals surface area contributed by atoms with Gasteiger partial charge in [-0.25, -0.2) is 4.98 Å². The number of rotatable bonds is 7. The first-order valence-corrected chi connectivity index (χ1v) is 20.6. The number of ether oxygens (including phenoxy) is 1. The van der Waals surface area contributed by atoms with Crippen molar-refractivity contribution in [3.05, 3.63) is 168 Å². The molecule has 5 nitrogen and oxygen atoms in total. The second-order valence-corrected chi connectivity index (χ2v) is 19.6. The third-order valence-electron chi connectivity index (χ3n) is 11.9. The van der Waals surface area contributed by atoms with Crippen LogP contribution in [0.25, 0.3) is 27.6 Å². The van der Waals surface area contributed by atoms with Gasteiger partial charge in [0.1, 0.15) is 17.3 Å². The van der Waals surface area contributed by atoms with E-state index in [0.717, 1.165) is 34.0 Å². The zero-order valence-corrected chi connectivity index (χ0v) is 36.2. The molecule has 0 unspecified atom stereocenters. The number of anilines is 2. The summed E-state index contributed by atoms with van der Waals surface area (Å²) < 4.78 is 9.27. The van der Waals surface area contributed by atoms with Crippen molar-refractivity contribution in [1.82, 2.24) is 9.55 Å². The second-order valence-electron chi connectivity index (χ2n) is 19.6. The fraction of sp³-hybridized carbons (Fsp3) is 0.302. The number of nitrogens with zero attached hydrogens (tertiary/aromatic N) is 4. The molecular formula is C53H58N4O. The highest BCUT2D eigenvalue weighted by Crippen LogP contribution is 2.41. The van der Waals surface area contributed by atoms with Crippen molar-refractivity contribution in [2.24, 2.45) is 0 Å². The molecule has 0 saturated carbocycles. The van der Waals surface area contributed by atoms with Crippen LogP contribution in [-0.4, -0.2) is 16.2 Å². The molecule has 0 atom stereocenters. The van der Waals surface area contributed by atoms with E-state index in [4.69, 9.17) is 9.72 Å². The Labute approximate surface area is 345 Å². The Kier molecular flexibility index (Phi) is 9.58. The molecule has 0 spiro atoms. The number of benzene rings is 5. The van der Waals surface area contributed by atoms with Crippen LogP contribution >= 0.6 is 0 Å². The number of fused-ring (bicyclic) bond motifs is 3. The van der Waals surface area contributed by atoms with Gasteiger partial charge in [-0.15, -0.1) is 0 Å². The van der Waals surface area contributed by atoms with Crippen LogP contribution in [0.1, 0.15) is 104 Å². The SMILES string of the molecule is CC(C)(C)c1cccc(N2C=CN(c3cc(Oc4ccc5c6cc(C(C)(C)C)ccc6n(-c6cc(C(C)(C)C)ccn6)c5c4)cc(C(C)(C)c4ccccc4)c3)C2)c1. The molecule has 0 bridgehead atoms. The van der Waals surface area contributed by atoms with Gasteiger partial charge < -0.3 is 14.5 Å². The number of pyridine rings is 1. The topological polar surface area (TPSA) is 33.5 Å². The van der Waals surface area contributed by atoms with Gasteiger partial charge in [0.2, 0.25) is 0 Å². The first-order chi connectivity index (χ1) is 27.4. The smallest absolute Gasteiger partial charge is 0.137 e. The Hall–Kier alpha value is -5.81. The lowest BCUT2D eigenvalue weighted by Gasteiger charge is -2.29. The molecule has 7 aromatic rings.